The van der Waals surface area contributed by atoms with Crippen molar-refractivity contribution in [1.29, 1.82) is 0 Å². The standard InChI is InChI=1S/C18H19F3N6O2/c1-28-12-5-3-2-4-11(12)27-16-14(15(22)24-9-25-16)17(26-27)29-13-8-10(6-7-23-13)18(19,20)21/h6-9,11-12H,2-5H2,1H3,(H2,22,24,25). The maximum Gasteiger partial charge on any atom is 0.416 e. The number of halogens is 3. The molecule has 2 unspecified atom stereocenters. The monoisotopic (exact) mass is 408 g/mol. The number of methoxy groups -OCH3 is 1. The van der Waals surface area contributed by atoms with Gasteiger partial charge in [-0.1, -0.05) is 12.8 Å². The van der Waals surface area contributed by atoms with Crippen LogP contribution in [0.2, 0.25) is 0 Å². The fourth-order valence-corrected chi connectivity index (χ4v) is 3.64. The second kappa shape index (κ2) is 7.47. The highest BCUT2D eigenvalue weighted by Crippen LogP contribution is 2.38. The zero-order valence-corrected chi connectivity index (χ0v) is 15.6. The van der Waals surface area contributed by atoms with Gasteiger partial charge in [0.2, 0.25) is 5.88 Å². The molecule has 154 valence electrons. The third kappa shape index (κ3) is 3.69. The second-order valence-corrected chi connectivity index (χ2v) is 6.82. The number of ether oxygens (including phenoxy) is 2. The van der Waals surface area contributed by atoms with E-state index in [-0.39, 0.29) is 29.7 Å². The number of anilines is 1. The Morgan fingerprint density at radius 1 is 1.17 bits per heavy atom. The summed E-state index contributed by atoms with van der Waals surface area (Å²) in [7, 11) is 1.64. The van der Waals surface area contributed by atoms with Crippen LogP contribution in [-0.4, -0.2) is 37.9 Å². The molecule has 3 aromatic heterocycles. The zero-order chi connectivity index (χ0) is 20.6. The van der Waals surface area contributed by atoms with Crippen LogP contribution in [-0.2, 0) is 10.9 Å². The molecule has 0 radical (unpaired) electrons. The maximum absolute atomic E-state index is 13.0. The molecule has 11 heteroatoms. The average Bonchev–Trinajstić information content (AvgIpc) is 3.07. The predicted octanol–water partition coefficient (Wildman–Crippen LogP) is 3.74. The van der Waals surface area contributed by atoms with Gasteiger partial charge in [-0.05, 0) is 18.9 Å². The number of rotatable bonds is 4. The van der Waals surface area contributed by atoms with E-state index in [1.165, 1.54) is 6.33 Å². The van der Waals surface area contributed by atoms with Crippen LogP contribution in [0.15, 0.2) is 24.7 Å². The van der Waals surface area contributed by atoms with E-state index in [9.17, 15) is 13.2 Å². The normalized spacial score (nSPS) is 20.1. The van der Waals surface area contributed by atoms with Gasteiger partial charge >= 0.3 is 6.18 Å². The fraction of sp³-hybridized carbons (Fsp3) is 0.444. The molecular weight excluding hydrogens is 389 g/mol. The molecular formula is C18H19F3N6O2. The first-order valence-corrected chi connectivity index (χ1v) is 9.11. The number of fused-ring (bicyclic) bond motifs is 1. The van der Waals surface area contributed by atoms with Crippen LogP contribution in [0, 0.1) is 0 Å². The van der Waals surface area contributed by atoms with Gasteiger partial charge in [0.15, 0.2) is 5.65 Å². The second-order valence-electron chi connectivity index (χ2n) is 6.82. The Morgan fingerprint density at radius 3 is 2.72 bits per heavy atom. The Labute approximate surface area is 163 Å². The molecule has 2 N–H and O–H groups in total. The van der Waals surface area contributed by atoms with Crippen molar-refractivity contribution < 1.29 is 22.6 Å². The van der Waals surface area contributed by atoms with Gasteiger partial charge in [0.25, 0.3) is 5.88 Å². The Hall–Kier alpha value is -2.95. The molecule has 2 atom stereocenters. The van der Waals surface area contributed by atoms with Gasteiger partial charge in [-0.25, -0.2) is 19.6 Å². The van der Waals surface area contributed by atoms with Crippen molar-refractivity contribution in [2.75, 3.05) is 12.8 Å². The molecule has 0 spiro atoms. The number of aromatic nitrogens is 5. The van der Waals surface area contributed by atoms with Crippen molar-refractivity contribution in [3.8, 4) is 11.8 Å². The van der Waals surface area contributed by atoms with Crippen molar-refractivity contribution in [3.05, 3.63) is 30.2 Å². The number of nitrogen functional groups attached to an aromatic ring is 1. The minimum absolute atomic E-state index is 0.00495. The van der Waals surface area contributed by atoms with Crippen LogP contribution in [0.1, 0.15) is 37.3 Å². The Bertz CT molecular complexity index is 1020. The van der Waals surface area contributed by atoms with Gasteiger partial charge in [-0.3, -0.25) is 0 Å². The van der Waals surface area contributed by atoms with E-state index in [0.717, 1.165) is 44.0 Å². The van der Waals surface area contributed by atoms with Crippen LogP contribution < -0.4 is 10.5 Å². The van der Waals surface area contributed by atoms with Gasteiger partial charge in [0.1, 0.15) is 17.5 Å². The lowest BCUT2D eigenvalue weighted by atomic mass is 9.92. The van der Waals surface area contributed by atoms with Crippen LogP contribution in [0.25, 0.3) is 11.0 Å². The SMILES string of the molecule is COC1CCCCC1n1nc(Oc2cc(C(F)(F)F)ccn2)c2c(N)ncnc21. The highest BCUT2D eigenvalue weighted by molar-refractivity contribution is 5.90. The lowest BCUT2D eigenvalue weighted by Gasteiger charge is -2.30. The van der Waals surface area contributed by atoms with Gasteiger partial charge in [-0.15, -0.1) is 5.10 Å². The summed E-state index contributed by atoms with van der Waals surface area (Å²) in [6.07, 6.45) is 1.49. The topological polar surface area (TPSA) is 101 Å². The number of pyridine rings is 1. The smallest absolute Gasteiger partial charge is 0.416 e. The molecule has 4 rings (SSSR count). The molecule has 1 aliphatic rings. The van der Waals surface area contributed by atoms with Gasteiger partial charge in [-0.2, -0.15) is 13.2 Å². The van der Waals surface area contributed by atoms with Crippen molar-refractivity contribution in [1.82, 2.24) is 24.7 Å². The molecule has 1 aliphatic carbocycles. The number of nitrogens with zero attached hydrogens (tertiary/aromatic N) is 5. The average molecular weight is 408 g/mol. The largest absolute Gasteiger partial charge is 0.418 e. The maximum atomic E-state index is 13.0. The minimum atomic E-state index is -4.52. The van der Waals surface area contributed by atoms with Gasteiger partial charge < -0.3 is 15.2 Å². The van der Waals surface area contributed by atoms with E-state index >= 15 is 0 Å². The molecule has 0 saturated heterocycles. The molecule has 0 bridgehead atoms. The first kappa shape index (κ1) is 19.4. The number of hydrogen-bond donors (Lipinski definition) is 1. The number of nitrogens with two attached hydrogens (primary N) is 1. The van der Waals surface area contributed by atoms with E-state index in [0.29, 0.717) is 11.0 Å². The van der Waals surface area contributed by atoms with E-state index in [1.807, 2.05) is 0 Å². The Balaban J connectivity index is 1.78. The molecule has 3 heterocycles. The van der Waals surface area contributed by atoms with Crippen molar-refractivity contribution in [3.63, 3.8) is 0 Å². The molecule has 3 aromatic rings. The van der Waals surface area contributed by atoms with E-state index in [4.69, 9.17) is 15.2 Å². The molecule has 0 aromatic carbocycles. The first-order valence-electron chi connectivity index (χ1n) is 9.11. The third-order valence-corrected chi connectivity index (χ3v) is 5.03. The molecule has 29 heavy (non-hydrogen) atoms. The molecule has 1 saturated carbocycles. The summed E-state index contributed by atoms with van der Waals surface area (Å²) in [6, 6.07) is 1.58. The van der Waals surface area contributed by atoms with E-state index in [2.05, 4.69) is 20.1 Å². The highest BCUT2D eigenvalue weighted by Gasteiger charge is 2.33. The molecule has 8 nitrogen and oxygen atoms in total. The summed E-state index contributed by atoms with van der Waals surface area (Å²) < 4.78 is 51.9. The minimum Gasteiger partial charge on any atom is -0.418 e. The summed E-state index contributed by atoms with van der Waals surface area (Å²) in [6.45, 7) is 0. The Kier molecular flexibility index (Phi) is 4.99. The van der Waals surface area contributed by atoms with Crippen LogP contribution in [0.4, 0.5) is 19.0 Å². The van der Waals surface area contributed by atoms with E-state index < -0.39 is 11.7 Å². The molecule has 1 fully saturated rings. The third-order valence-electron chi connectivity index (χ3n) is 5.03. The molecule has 0 amide bonds. The quantitative estimate of drug-likeness (QED) is 0.702. The van der Waals surface area contributed by atoms with Crippen molar-refractivity contribution in [2.45, 2.75) is 44.0 Å². The highest BCUT2D eigenvalue weighted by atomic mass is 19.4. The summed E-state index contributed by atoms with van der Waals surface area (Å²) in [5.74, 6) is -0.125. The zero-order valence-electron chi connectivity index (χ0n) is 15.6. The van der Waals surface area contributed by atoms with Crippen LogP contribution in [0.3, 0.4) is 0 Å². The first-order chi connectivity index (χ1) is 13.9. The lowest BCUT2D eigenvalue weighted by Crippen LogP contribution is -2.30. The summed E-state index contributed by atoms with van der Waals surface area (Å²) in [5.41, 5.74) is 5.57. The summed E-state index contributed by atoms with van der Waals surface area (Å²) in [5, 5.41) is 4.80. The molecule has 0 aliphatic heterocycles. The lowest BCUT2D eigenvalue weighted by molar-refractivity contribution is -0.137. The van der Waals surface area contributed by atoms with Crippen LogP contribution >= 0.6 is 0 Å². The summed E-state index contributed by atoms with van der Waals surface area (Å²) in [4.78, 5) is 12.1. The Morgan fingerprint density at radius 2 is 1.97 bits per heavy atom. The summed E-state index contributed by atoms with van der Waals surface area (Å²) >= 11 is 0. The van der Waals surface area contributed by atoms with Gasteiger partial charge in [0.05, 0.1) is 17.7 Å². The van der Waals surface area contributed by atoms with Crippen molar-refractivity contribution in [2.24, 2.45) is 0 Å². The fourth-order valence-electron chi connectivity index (χ4n) is 3.64. The predicted molar refractivity (Wildman–Crippen MR) is 97.4 cm³/mol. The number of alkyl halides is 3. The van der Waals surface area contributed by atoms with Crippen LogP contribution in [0.5, 0.6) is 11.8 Å². The van der Waals surface area contributed by atoms with E-state index in [1.54, 1.807) is 11.8 Å². The van der Waals surface area contributed by atoms with Crippen molar-refractivity contribution >= 4 is 16.9 Å². The van der Waals surface area contributed by atoms with Gasteiger partial charge in [0, 0.05) is 19.4 Å². The number of hydrogen-bond acceptors (Lipinski definition) is 7.